The molecule has 116 valence electrons. The zero-order valence-electron chi connectivity index (χ0n) is 12.8. The van der Waals surface area contributed by atoms with Crippen LogP contribution in [0.25, 0.3) is 0 Å². The molecule has 0 saturated carbocycles. The number of nitrogen functional groups attached to an aromatic ring is 1. The largest absolute Gasteiger partial charge is 0.394 e. The van der Waals surface area contributed by atoms with Crippen LogP contribution < -0.4 is 11.1 Å². The number of aryl methyl sites for hydroxylation is 2. The second kappa shape index (κ2) is 5.14. The van der Waals surface area contributed by atoms with Gasteiger partial charge in [0.05, 0.1) is 17.8 Å². The summed E-state index contributed by atoms with van der Waals surface area (Å²) in [6.07, 6.45) is 1.23. The van der Waals surface area contributed by atoms with E-state index in [9.17, 15) is 9.90 Å². The number of aromatic nitrogens is 2. The highest BCUT2D eigenvalue weighted by molar-refractivity contribution is 6.00. The minimum Gasteiger partial charge on any atom is -0.394 e. The Morgan fingerprint density at radius 1 is 1.41 bits per heavy atom. The van der Waals surface area contributed by atoms with Crippen LogP contribution in [-0.4, -0.2) is 32.9 Å². The summed E-state index contributed by atoms with van der Waals surface area (Å²) in [5.74, 6) is 0.0450. The van der Waals surface area contributed by atoms with Gasteiger partial charge in [-0.1, -0.05) is 24.3 Å². The van der Waals surface area contributed by atoms with Crippen molar-refractivity contribution in [1.29, 1.82) is 0 Å². The van der Waals surface area contributed by atoms with Crippen molar-refractivity contribution in [2.24, 2.45) is 7.05 Å². The number of aliphatic hydroxyl groups excluding tert-OH is 1. The minimum absolute atomic E-state index is 0.118. The lowest BCUT2D eigenvalue weighted by molar-refractivity contribution is 0.0843. The zero-order chi connectivity index (χ0) is 15.9. The van der Waals surface area contributed by atoms with Gasteiger partial charge in [-0.05, 0) is 30.9 Å². The van der Waals surface area contributed by atoms with Crippen LogP contribution in [0, 0.1) is 6.92 Å². The smallest absolute Gasteiger partial charge is 0.257 e. The van der Waals surface area contributed by atoms with Crippen molar-refractivity contribution >= 4 is 11.7 Å². The SMILES string of the molecule is Cc1nn(C)c(N)c1C(=O)NC1(CO)Cc2ccccc2C1. The third-order valence-corrected chi connectivity index (χ3v) is 4.35. The molecule has 0 atom stereocenters. The highest BCUT2D eigenvalue weighted by Gasteiger charge is 2.39. The minimum atomic E-state index is -0.671. The van der Waals surface area contributed by atoms with Crippen molar-refractivity contribution in [1.82, 2.24) is 15.1 Å². The fraction of sp³-hybridized carbons (Fsp3) is 0.375. The van der Waals surface area contributed by atoms with E-state index >= 15 is 0 Å². The third kappa shape index (κ3) is 2.25. The molecule has 6 heteroatoms. The molecule has 1 aliphatic rings. The normalized spacial score (nSPS) is 15.6. The Labute approximate surface area is 128 Å². The second-order valence-electron chi connectivity index (χ2n) is 5.98. The van der Waals surface area contributed by atoms with E-state index in [1.54, 1.807) is 14.0 Å². The number of fused-ring (bicyclic) bond motifs is 1. The molecule has 22 heavy (non-hydrogen) atoms. The molecule has 0 bridgehead atoms. The van der Waals surface area contributed by atoms with Crippen LogP contribution in [0.5, 0.6) is 0 Å². The lowest BCUT2D eigenvalue weighted by Crippen LogP contribution is -2.52. The molecule has 0 unspecified atom stereocenters. The van der Waals surface area contributed by atoms with Crippen LogP contribution >= 0.6 is 0 Å². The zero-order valence-corrected chi connectivity index (χ0v) is 12.8. The quantitative estimate of drug-likeness (QED) is 0.772. The molecule has 0 saturated heterocycles. The van der Waals surface area contributed by atoms with Gasteiger partial charge in [-0.2, -0.15) is 5.10 Å². The fourth-order valence-electron chi connectivity index (χ4n) is 3.19. The first-order valence-corrected chi connectivity index (χ1v) is 7.25. The Kier molecular flexibility index (Phi) is 3.41. The molecule has 0 radical (unpaired) electrons. The molecule has 1 aromatic heterocycles. The van der Waals surface area contributed by atoms with Gasteiger partial charge in [-0.15, -0.1) is 0 Å². The summed E-state index contributed by atoms with van der Waals surface area (Å²) in [6.45, 7) is 1.63. The van der Waals surface area contributed by atoms with Crippen LogP contribution in [0.15, 0.2) is 24.3 Å². The summed E-state index contributed by atoms with van der Waals surface area (Å²) in [4.78, 5) is 12.6. The highest BCUT2D eigenvalue weighted by atomic mass is 16.3. The number of hydrogen-bond donors (Lipinski definition) is 3. The predicted octanol–water partition coefficient (Wildman–Crippen LogP) is 0.570. The summed E-state index contributed by atoms with van der Waals surface area (Å²) in [5.41, 5.74) is 8.54. The van der Waals surface area contributed by atoms with Gasteiger partial charge in [-0.25, -0.2) is 0 Å². The number of amides is 1. The van der Waals surface area contributed by atoms with Gasteiger partial charge in [-0.3, -0.25) is 9.48 Å². The molecular formula is C16H20N4O2. The van der Waals surface area contributed by atoms with Gasteiger partial charge >= 0.3 is 0 Å². The number of anilines is 1. The predicted molar refractivity (Wildman–Crippen MR) is 83.5 cm³/mol. The van der Waals surface area contributed by atoms with Gasteiger partial charge in [0.25, 0.3) is 5.91 Å². The number of aliphatic hydroxyl groups is 1. The summed E-state index contributed by atoms with van der Waals surface area (Å²) in [7, 11) is 1.70. The molecule has 1 amide bonds. The molecule has 3 rings (SSSR count). The second-order valence-corrected chi connectivity index (χ2v) is 5.98. The third-order valence-electron chi connectivity index (χ3n) is 4.35. The van der Waals surface area contributed by atoms with Gasteiger partial charge in [0.1, 0.15) is 11.4 Å². The summed E-state index contributed by atoms with van der Waals surface area (Å²) in [6, 6.07) is 8.00. The van der Waals surface area contributed by atoms with Crippen molar-refractivity contribution in [2.45, 2.75) is 25.3 Å². The van der Waals surface area contributed by atoms with Crippen LogP contribution in [0.4, 0.5) is 5.82 Å². The van der Waals surface area contributed by atoms with E-state index in [2.05, 4.69) is 10.4 Å². The number of benzene rings is 1. The molecule has 0 fully saturated rings. The van der Waals surface area contributed by atoms with Crippen molar-refractivity contribution in [3.63, 3.8) is 0 Å². The Morgan fingerprint density at radius 3 is 2.45 bits per heavy atom. The van der Waals surface area contributed by atoms with E-state index in [0.29, 0.717) is 29.9 Å². The first-order chi connectivity index (χ1) is 10.5. The summed E-state index contributed by atoms with van der Waals surface area (Å²) in [5, 5.41) is 17.0. The maximum Gasteiger partial charge on any atom is 0.257 e. The number of hydrogen-bond acceptors (Lipinski definition) is 4. The van der Waals surface area contributed by atoms with E-state index in [0.717, 1.165) is 11.1 Å². The molecule has 1 aliphatic carbocycles. The average molecular weight is 300 g/mol. The van der Waals surface area contributed by atoms with Crippen molar-refractivity contribution in [3.05, 3.63) is 46.6 Å². The lowest BCUT2D eigenvalue weighted by Gasteiger charge is -2.28. The first kappa shape index (κ1) is 14.6. The number of rotatable bonds is 3. The van der Waals surface area contributed by atoms with E-state index in [4.69, 9.17) is 5.73 Å². The van der Waals surface area contributed by atoms with Gasteiger partial charge in [0.15, 0.2) is 0 Å². The molecule has 1 heterocycles. The summed E-state index contributed by atoms with van der Waals surface area (Å²) >= 11 is 0. The number of nitrogens with zero attached hydrogens (tertiary/aromatic N) is 2. The summed E-state index contributed by atoms with van der Waals surface area (Å²) < 4.78 is 1.49. The molecule has 6 nitrogen and oxygen atoms in total. The van der Waals surface area contributed by atoms with Gasteiger partial charge in [0.2, 0.25) is 0 Å². The van der Waals surface area contributed by atoms with Gasteiger partial charge < -0.3 is 16.2 Å². The lowest BCUT2D eigenvalue weighted by atomic mass is 9.96. The Morgan fingerprint density at radius 2 is 2.00 bits per heavy atom. The molecule has 0 aliphatic heterocycles. The number of carbonyl (C=O) groups excluding carboxylic acids is 1. The van der Waals surface area contributed by atoms with Crippen molar-refractivity contribution in [2.75, 3.05) is 12.3 Å². The molecule has 2 aromatic rings. The number of carbonyl (C=O) groups is 1. The monoisotopic (exact) mass is 300 g/mol. The molecule has 1 aromatic carbocycles. The maximum absolute atomic E-state index is 12.6. The molecule has 0 spiro atoms. The maximum atomic E-state index is 12.6. The number of nitrogens with one attached hydrogen (secondary N) is 1. The first-order valence-electron chi connectivity index (χ1n) is 7.25. The number of nitrogens with two attached hydrogens (primary N) is 1. The van der Waals surface area contributed by atoms with Crippen LogP contribution in [0.3, 0.4) is 0 Å². The fourth-order valence-corrected chi connectivity index (χ4v) is 3.19. The average Bonchev–Trinajstić information content (AvgIpc) is 2.96. The van der Waals surface area contributed by atoms with E-state index < -0.39 is 5.54 Å². The Balaban J connectivity index is 1.87. The highest BCUT2D eigenvalue weighted by Crippen LogP contribution is 2.30. The molecule has 4 N–H and O–H groups in total. The molecular weight excluding hydrogens is 280 g/mol. The van der Waals surface area contributed by atoms with Crippen molar-refractivity contribution in [3.8, 4) is 0 Å². The van der Waals surface area contributed by atoms with Crippen molar-refractivity contribution < 1.29 is 9.90 Å². The van der Waals surface area contributed by atoms with E-state index in [-0.39, 0.29) is 12.5 Å². The van der Waals surface area contributed by atoms with E-state index in [1.807, 2.05) is 24.3 Å². The topological polar surface area (TPSA) is 93.2 Å². The Hall–Kier alpha value is -2.34. The van der Waals surface area contributed by atoms with Crippen LogP contribution in [0.2, 0.25) is 0 Å². The van der Waals surface area contributed by atoms with Crippen LogP contribution in [-0.2, 0) is 19.9 Å². The van der Waals surface area contributed by atoms with E-state index in [1.165, 1.54) is 4.68 Å². The Bertz CT molecular complexity index is 711. The standard InChI is InChI=1S/C16H20N4O2/c1-10-13(14(17)20(2)19-10)15(22)18-16(9-21)7-11-5-3-4-6-12(11)8-16/h3-6,21H,7-9,17H2,1-2H3,(H,18,22). The van der Waals surface area contributed by atoms with Crippen LogP contribution in [0.1, 0.15) is 27.2 Å². The van der Waals surface area contributed by atoms with Gasteiger partial charge in [0, 0.05) is 7.05 Å².